The lowest BCUT2D eigenvalue weighted by Gasteiger charge is -2.16. The van der Waals surface area contributed by atoms with Crippen molar-refractivity contribution in [3.63, 3.8) is 0 Å². The van der Waals surface area contributed by atoms with E-state index in [1.54, 1.807) is 24.3 Å². The van der Waals surface area contributed by atoms with Crippen LogP contribution in [0.1, 0.15) is 39.1 Å². The molecule has 0 bridgehead atoms. The summed E-state index contributed by atoms with van der Waals surface area (Å²) in [6.07, 6.45) is 1.18. The highest BCUT2D eigenvalue weighted by molar-refractivity contribution is 6.21. The summed E-state index contributed by atoms with van der Waals surface area (Å²) in [5, 5.41) is 9.64. The van der Waals surface area contributed by atoms with E-state index >= 15 is 0 Å². The van der Waals surface area contributed by atoms with E-state index in [2.05, 4.69) is 11.0 Å². The van der Waals surface area contributed by atoms with Crippen LogP contribution in [0, 0.1) is 0 Å². The lowest BCUT2D eigenvalue weighted by atomic mass is 10.1. The molecule has 1 atom stereocenters. The number of aliphatic hydroxyl groups excluding tert-OH is 1. The van der Waals surface area contributed by atoms with Crippen LogP contribution in [0.5, 0.6) is 5.75 Å². The van der Waals surface area contributed by atoms with Crippen LogP contribution in [0.3, 0.4) is 0 Å². The number of β-amino-alcohol motifs (C(OH)–C–C–N with tert-alkyl or cyclic N) is 1. The van der Waals surface area contributed by atoms with E-state index in [0.29, 0.717) is 37.2 Å². The number of aliphatic hydroxyl groups is 1. The topological polar surface area (TPSA) is 70.1 Å². The zero-order valence-electron chi connectivity index (χ0n) is 15.7. The molecule has 2 aliphatic rings. The van der Waals surface area contributed by atoms with E-state index < -0.39 is 0 Å². The fraction of sp³-hybridized carbons (Fsp3) is 0.364. The molecule has 2 heterocycles. The number of rotatable bonds is 7. The van der Waals surface area contributed by atoms with Gasteiger partial charge in [-0.05, 0) is 42.7 Å². The molecule has 28 heavy (non-hydrogen) atoms. The monoisotopic (exact) mass is 380 g/mol. The zero-order chi connectivity index (χ0) is 19.5. The van der Waals surface area contributed by atoms with Crippen molar-refractivity contribution in [1.29, 1.82) is 0 Å². The predicted octanol–water partition coefficient (Wildman–Crippen LogP) is 2.32. The lowest BCUT2D eigenvalue weighted by Crippen LogP contribution is -2.31. The molecule has 0 radical (unpaired) electrons. The molecule has 2 aliphatic heterocycles. The minimum absolute atomic E-state index is 0.221. The number of amides is 2. The zero-order valence-corrected chi connectivity index (χ0v) is 15.7. The van der Waals surface area contributed by atoms with Gasteiger partial charge in [-0.2, -0.15) is 0 Å². The third-order valence-electron chi connectivity index (χ3n) is 5.23. The number of hydrogen-bond donors (Lipinski definition) is 1. The maximum atomic E-state index is 12.3. The molecule has 4 rings (SSSR count). The molecule has 1 saturated heterocycles. The molecule has 2 amide bonds. The van der Waals surface area contributed by atoms with Gasteiger partial charge in [0.2, 0.25) is 0 Å². The Morgan fingerprint density at radius 3 is 2.46 bits per heavy atom. The molecule has 146 valence electrons. The molecule has 1 fully saturated rings. The summed E-state index contributed by atoms with van der Waals surface area (Å²) < 4.78 is 5.82. The number of likely N-dealkylation sites (tertiary alicyclic amines) is 1. The summed E-state index contributed by atoms with van der Waals surface area (Å²) >= 11 is 0. The average Bonchev–Trinajstić information content (AvgIpc) is 3.21. The molecule has 0 saturated carbocycles. The van der Waals surface area contributed by atoms with Crippen molar-refractivity contribution < 1.29 is 19.4 Å². The molecule has 1 unspecified atom stereocenters. The van der Waals surface area contributed by atoms with E-state index in [1.165, 1.54) is 4.90 Å². The summed E-state index contributed by atoms with van der Waals surface area (Å²) in [5.74, 6) is 0.324. The number of benzene rings is 2. The van der Waals surface area contributed by atoms with Crippen LogP contribution in [0.25, 0.3) is 0 Å². The summed E-state index contributed by atoms with van der Waals surface area (Å²) in [5.41, 5.74) is 2.10. The van der Waals surface area contributed by atoms with Crippen LogP contribution in [0.4, 0.5) is 0 Å². The minimum Gasteiger partial charge on any atom is -0.494 e. The van der Waals surface area contributed by atoms with E-state index in [-0.39, 0.29) is 17.9 Å². The maximum absolute atomic E-state index is 12.3. The molecular weight excluding hydrogens is 356 g/mol. The molecule has 1 N–H and O–H groups in total. The van der Waals surface area contributed by atoms with Crippen molar-refractivity contribution in [2.24, 2.45) is 0 Å². The van der Waals surface area contributed by atoms with Gasteiger partial charge in [0.05, 0.1) is 23.8 Å². The van der Waals surface area contributed by atoms with Gasteiger partial charge in [-0.3, -0.25) is 19.4 Å². The second-order valence-electron chi connectivity index (χ2n) is 7.33. The first kappa shape index (κ1) is 18.7. The van der Waals surface area contributed by atoms with Crippen molar-refractivity contribution in [2.75, 3.05) is 26.2 Å². The standard InChI is InChI=1S/C22H24N2O4/c25-17-9-11-23(15-17)14-16-5-3-6-18(13-16)28-12-4-10-24-21(26)19-7-1-2-8-20(19)22(24)27/h1-3,5-8,13,17,25H,4,9-12,14-15H2. The Morgan fingerprint density at radius 2 is 1.79 bits per heavy atom. The molecule has 6 heteroatoms. The first-order valence-corrected chi connectivity index (χ1v) is 9.69. The first-order valence-electron chi connectivity index (χ1n) is 9.69. The highest BCUT2D eigenvalue weighted by atomic mass is 16.5. The SMILES string of the molecule is O=C1c2ccccc2C(=O)N1CCCOc1cccc(CN2CCC(O)C2)c1. The average molecular weight is 380 g/mol. The van der Waals surface area contributed by atoms with Crippen molar-refractivity contribution in [1.82, 2.24) is 9.80 Å². The van der Waals surface area contributed by atoms with Gasteiger partial charge in [0.25, 0.3) is 11.8 Å². The Balaban J connectivity index is 1.26. The van der Waals surface area contributed by atoms with Crippen LogP contribution in [-0.2, 0) is 6.54 Å². The van der Waals surface area contributed by atoms with Crippen molar-refractivity contribution >= 4 is 11.8 Å². The normalized spacial score (nSPS) is 19.3. The number of carbonyl (C=O) groups excluding carboxylic acids is 2. The molecule has 2 aromatic carbocycles. The lowest BCUT2D eigenvalue weighted by molar-refractivity contribution is 0.0646. The minimum atomic E-state index is -0.226. The fourth-order valence-electron chi connectivity index (χ4n) is 3.80. The Labute approximate surface area is 164 Å². The fourth-order valence-corrected chi connectivity index (χ4v) is 3.80. The van der Waals surface area contributed by atoms with E-state index in [9.17, 15) is 14.7 Å². The molecule has 2 aromatic rings. The number of fused-ring (bicyclic) bond motifs is 1. The van der Waals surface area contributed by atoms with Gasteiger partial charge < -0.3 is 9.84 Å². The van der Waals surface area contributed by atoms with Crippen LogP contribution in [0.15, 0.2) is 48.5 Å². The Bertz CT molecular complexity index is 847. The molecular formula is C22H24N2O4. The van der Waals surface area contributed by atoms with E-state index in [1.807, 2.05) is 18.2 Å². The predicted molar refractivity (Wildman–Crippen MR) is 104 cm³/mol. The van der Waals surface area contributed by atoms with Crippen LogP contribution >= 0.6 is 0 Å². The highest BCUT2D eigenvalue weighted by Crippen LogP contribution is 2.23. The summed E-state index contributed by atoms with van der Waals surface area (Å²) in [6, 6.07) is 14.8. The van der Waals surface area contributed by atoms with Gasteiger partial charge in [0, 0.05) is 26.2 Å². The van der Waals surface area contributed by atoms with Gasteiger partial charge in [0.15, 0.2) is 0 Å². The van der Waals surface area contributed by atoms with E-state index in [0.717, 1.165) is 30.8 Å². The molecule has 0 aliphatic carbocycles. The highest BCUT2D eigenvalue weighted by Gasteiger charge is 2.34. The first-order chi connectivity index (χ1) is 13.6. The van der Waals surface area contributed by atoms with Gasteiger partial charge in [0.1, 0.15) is 5.75 Å². The Morgan fingerprint density at radius 1 is 1.04 bits per heavy atom. The number of hydrogen-bond acceptors (Lipinski definition) is 5. The smallest absolute Gasteiger partial charge is 0.261 e. The molecule has 0 spiro atoms. The van der Waals surface area contributed by atoms with Gasteiger partial charge in [-0.15, -0.1) is 0 Å². The third-order valence-corrected chi connectivity index (χ3v) is 5.23. The van der Waals surface area contributed by atoms with Gasteiger partial charge in [-0.25, -0.2) is 0 Å². The summed E-state index contributed by atoms with van der Waals surface area (Å²) in [6.45, 7) is 3.19. The van der Waals surface area contributed by atoms with Gasteiger partial charge >= 0.3 is 0 Å². The summed E-state index contributed by atoms with van der Waals surface area (Å²) in [4.78, 5) is 28.2. The third kappa shape index (κ3) is 3.93. The second kappa shape index (κ2) is 8.12. The van der Waals surface area contributed by atoms with Crippen molar-refractivity contribution in [3.8, 4) is 5.75 Å². The van der Waals surface area contributed by atoms with Crippen LogP contribution in [-0.4, -0.2) is 59.1 Å². The molecule has 6 nitrogen and oxygen atoms in total. The number of nitrogens with zero attached hydrogens (tertiary/aromatic N) is 2. The van der Waals surface area contributed by atoms with Crippen molar-refractivity contribution in [3.05, 3.63) is 65.2 Å². The quantitative estimate of drug-likeness (QED) is 0.590. The summed E-state index contributed by atoms with van der Waals surface area (Å²) in [7, 11) is 0. The second-order valence-corrected chi connectivity index (χ2v) is 7.33. The number of ether oxygens (including phenoxy) is 1. The maximum Gasteiger partial charge on any atom is 0.261 e. The number of imide groups is 1. The van der Waals surface area contributed by atoms with Crippen LogP contribution < -0.4 is 4.74 Å². The van der Waals surface area contributed by atoms with Crippen molar-refractivity contribution in [2.45, 2.75) is 25.5 Å². The van der Waals surface area contributed by atoms with E-state index in [4.69, 9.17) is 4.74 Å². The number of carbonyl (C=O) groups is 2. The van der Waals surface area contributed by atoms with Crippen LogP contribution in [0.2, 0.25) is 0 Å². The Hall–Kier alpha value is -2.70. The Kier molecular flexibility index (Phi) is 5.41. The van der Waals surface area contributed by atoms with Gasteiger partial charge in [-0.1, -0.05) is 24.3 Å². The molecule has 0 aromatic heterocycles. The largest absolute Gasteiger partial charge is 0.494 e.